The van der Waals surface area contributed by atoms with Crippen molar-refractivity contribution in [3.8, 4) is 5.75 Å². The first kappa shape index (κ1) is 12.9. The lowest BCUT2D eigenvalue weighted by Crippen LogP contribution is -2.11. The van der Waals surface area contributed by atoms with Crippen molar-refractivity contribution >= 4 is 22.8 Å². The zero-order chi connectivity index (χ0) is 14.0. The van der Waals surface area contributed by atoms with Crippen LogP contribution < -0.4 is 4.74 Å². The molecule has 2 rings (SSSR count). The summed E-state index contributed by atoms with van der Waals surface area (Å²) in [6.07, 6.45) is -0.151. The number of hydrogen-bond donors (Lipinski definition) is 2. The molecule has 0 aliphatic carbocycles. The van der Waals surface area contributed by atoms with Crippen LogP contribution in [0.1, 0.15) is 16.9 Å². The monoisotopic (exact) mass is 263 g/mol. The number of rotatable bonds is 5. The lowest BCUT2D eigenvalue weighted by molar-refractivity contribution is -0.137. The molecule has 2 N–H and O–H groups in total. The maximum atomic E-state index is 11.2. The average molecular weight is 263 g/mol. The molecule has 0 saturated carbocycles. The van der Waals surface area contributed by atoms with Gasteiger partial charge in [0, 0.05) is 11.9 Å². The molecule has 6 heteroatoms. The van der Waals surface area contributed by atoms with E-state index in [0.717, 1.165) is 0 Å². The third-order valence-electron chi connectivity index (χ3n) is 2.87. The molecule has 2 aromatic rings. The Bertz CT molecular complexity index is 644. The van der Waals surface area contributed by atoms with E-state index >= 15 is 0 Å². The Balaban J connectivity index is 2.63. The van der Waals surface area contributed by atoms with Crippen LogP contribution in [0.5, 0.6) is 5.75 Å². The van der Waals surface area contributed by atoms with Gasteiger partial charge in [0.15, 0.2) is 0 Å². The summed E-state index contributed by atoms with van der Waals surface area (Å²) in [5.41, 5.74) is 0.657. The van der Waals surface area contributed by atoms with Gasteiger partial charge in [-0.2, -0.15) is 0 Å². The minimum Gasteiger partial charge on any atom is -0.495 e. The molecular weight excluding hydrogens is 250 g/mol. The molecule has 0 aliphatic heterocycles. The van der Waals surface area contributed by atoms with Crippen molar-refractivity contribution in [2.45, 2.75) is 13.0 Å². The zero-order valence-corrected chi connectivity index (χ0v) is 10.3. The number of hydrogen-bond acceptors (Lipinski definition) is 3. The average Bonchev–Trinajstić information content (AvgIpc) is 2.75. The molecule has 1 aromatic heterocycles. The van der Waals surface area contributed by atoms with Crippen molar-refractivity contribution in [2.75, 3.05) is 7.11 Å². The minimum atomic E-state index is -1.09. The Hall–Kier alpha value is -2.50. The van der Waals surface area contributed by atoms with E-state index in [1.807, 2.05) is 0 Å². The fourth-order valence-electron chi connectivity index (χ4n) is 2.07. The summed E-state index contributed by atoms with van der Waals surface area (Å²) >= 11 is 0. The van der Waals surface area contributed by atoms with E-state index in [0.29, 0.717) is 16.7 Å². The predicted molar refractivity (Wildman–Crippen MR) is 67.7 cm³/mol. The number of aromatic nitrogens is 1. The van der Waals surface area contributed by atoms with Gasteiger partial charge in [0.2, 0.25) is 0 Å². The summed E-state index contributed by atoms with van der Waals surface area (Å²) in [7, 11) is 1.49. The molecule has 6 nitrogen and oxygen atoms in total. The summed E-state index contributed by atoms with van der Waals surface area (Å²) in [6.45, 7) is 0.0842. The number of fused-ring (bicyclic) bond motifs is 1. The second-order valence-corrected chi connectivity index (χ2v) is 4.03. The summed E-state index contributed by atoms with van der Waals surface area (Å²) in [5.74, 6) is -1.55. The van der Waals surface area contributed by atoms with Gasteiger partial charge in [-0.3, -0.25) is 4.79 Å². The standard InChI is InChI=1S/C13H13NO5/c1-19-10-4-2-3-8-7-9(13(17)18)14(12(8)10)6-5-11(15)16/h2-4,7H,5-6H2,1H3,(H,15,16)(H,17,18). The van der Waals surface area contributed by atoms with E-state index in [9.17, 15) is 14.7 Å². The van der Waals surface area contributed by atoms with Crippen LogP contribution in [0, 0.1) is 0 Å². The number of para-hydroxylation sites is 1. The molecule has 0 radical (unpaired) electrons. The second kappa shape index (κ2) is 5.01. The van der Waals surface area contributed by atoms with Crippen LogP contribution in [0.15, 0.2) is 24.3 Å². The first-order chi connectivity index (χ1) is 9.04. The van der Waals surface area contributed by atoms with Gasteiger partial charge in [0.05, 0.1) is 19.0 Å². The van der Waals surface area contributed by atoms with Gasteiger partial charge in [-0.25, -0.2) is 4.79 Å². The maximum Gasteiger partial charge on any atom is 0.352 e. The van der Waals surface area contributed by atoms with Gasteiger partial charge >= 0.3 is 11.9 Å². The number of carbonyl (C=O) groups is 2. The van der Waals surface area contributed by atoms with Crippen molar-refractivity contribution < 1.29 is 24.5 Å². The van der Waals surface area contributed by atoms with Crippen LogP contribution in [0.25, 0.3) is 10.9 Å². The summed E-state index contributed by atoms with van der Waals surface area (Å²) in [5, 5.41) is 18.6. The third-order valence-corrected chi connectivity index (χ3v) is 2.87. The largest absolute Gasteiger partial charge is 0.495 e. The first-order valence-electron chi connectivity index (χ1n) is 5.66. The van der Waals surface area contributed by atoms with Crippen molar-refractivity contribution in [3.63, 3.8) is 0 Å². The summed E-state index contributed by atoms with van der Waals surface area (Å²) in [6, 6.07) is 6.75. The van der Waals surface area contributed by atoms with E-state index in [1.165, 1.54) is 17.7 Å². The highest BCUT2D eigenvalue weighted by Crippen LogP contribution is 2.29. The van der Waals surface area contributed by atoms with Gasteiger partial charge in [-0.15, -0.1) is 0 Å². The summed E-state index contributed by atoms with van der Waals surface area (Å²) in [4.78, 5) is 21.9. The topological polar surface area (TPSA) is 88.8 Å². The molecule has 1 aromatic carbocycles. The van der Waals surface area contributed by atoms with Gasteiger partial charge < -0.3 is 19.5 Å². The van der Waals surface area contributed by atoms with Crippen LogP contribution in [0.4, 0.5) is 0 Å². The van der Waals surface area contributed by atoms with Gasteiger partial charge in [0.25, 0.3) is 0 Å². The highest BCUT2D eigenvalue weighted by molar-refractivity contribution is 5.96. The smallest absolute Gasteiger partial charge is 0.352 e. The molecule has 0 amide bonds. The molecule has 0 atom stereocenters. The Morgan fingerprint density at radius 1 is 1.32 bits per heavy atom. The van der Waals surface area contributed by atoms with Crippen LogP contribution in [0.3, 0.4) is 0 Å². The number of ether oxygens (including phenoxy) is 1. The van der Waals surface area contributed by atoms with Crippen LogP contribution in [0.2, 0.25) is 0 Å². The van der Waals surface area contributed by atoms with E-state index in [2.05, 4.69) is 0 Å². The van der Waals surface area contributed by atoms with Crippen molar-refractivity contribution in [2.24, 2.45) is 0 Å². The number of carboxylic acid groups (broad SMARTS) is 2. The molecule has 0 aliphatic rings. The number of aryl methyl sites for hydroxylation is 1. The fraction of sp³-hybridized carbons (Fsp3) is 0.231. The van der Waals surface area contributed by atoms with E-state index < -0.39 is 11.9 Å². The zero-order valence-electron chi connectivity index (χ0n) is 10.3. The van der Waals surface area contributed by atoms with E-state index in [-0.39, 0.29) is 18.7 Å². The molecule has 1 heterocycles. The van der Waals surface area contributed by atoms with Gasteiger partial charge in [-0.05, 0) is 12.1 Å². The van der Waals surface area contributed by atoms with Crippen LogP contribution >= 0.6 is 0 Å². The van der Waals surface area contributed by atoms with Crippen molar-refractivity contribution in [3.05, 3.63) is 30.0 Å². The number of aromatic carboxylic acids is 1. The SMILES string of the molecule is COc1cccc2cc(C(=O)O)n(CCC(=O)O)c12. The Morgan fingerprint density at radius 3 is 2.63 bits per heavy atom. The molecule has 0 saturated heterocycles. The number of methoxy groups -OCH3 is 1. The van der Waals surface area contributed by atoms with Crippen molar-refractivity contribution in [1.29, 1.82) is 0 Å². The Labute approximate surface area is 108 Å². The Kier molecular flexibility index (Phi) is 3.41. The lowest BCUT2D eigenvalue weighted by Gasteiger charge is -2.09. The predicted octanol–water partition coefficient (Wildman–Crippen LogP) is 1.82. The van der Waals surface area contributed by atoms with Gasteiger partial charge in [0.1, 0.15) is 11.4 Å². The number of carboxylic acids is 2. The van der Waals surface area contributed by atoms with E-state index in [1.54, 1.807) is 18.2 Å². The molecule has 100 valence electrons. The lowest BCUT2D eigenvalue weighted by atomic mass is 10.2. The number of aliphatic carboxylic acids is 1. The quantitative estimate of drug-likeness (QED) is 0.859. The van der Waals surface area contributed by atoms with E-state index in [4.69, 9.17) is 9.84 Å². The normalized spacial score (nSPS) is 10.6. The molecular formula is C13H13NO5. The minimum absolute atomic E-state index is 0.0563. The molecule has 0 fully saturated rings. The third kappa shape index (κ3) is 2.37. The number of benzene rings is 1. The second-order valence-electron chi connectivity index (χ2n) is 4.03. The fourth-order valence-corrected chi connectivity index (χ4v) is 2.07. The highest BCUT2D eigenvalue weighted by Gasteiger charge is 2.17. The maximum absolute atomic E-state index is 11.2. The molecule has 0 spiro atoms. The number of nitrogens with zero attached hydrogens (tertiary/aromatic N) is 1. The first-order valence-corrected chi connectivity index (χ1v) is 5.66. The molecule has 19 heavy (non-hydrogen) atoms. The van der Waals surface area contributed by atoms with Crippen molar-refractivity contribution in [1.82, 2.24) is 4.57 Å². The van der Waals surface area contributed by atoms with Crippen LogP contribution in [-0.4, -0.2) is 33.8 Å². The summed E-state index contributed by atoms with van der Waals surface area (Å²) < 4.78 is 6.67. The molecule has 0 unspecified atom stereocenters. The Morgan fingerprint density at radius 2 is 2.05 bits per heavy atom. The van der Waals surface area contributed by atoms with Gasteiger partial charge in [-0.1, -0.05) is 12.1 Å². The molecule has 0 bridgehead atoms. The highest BCUT2D eigenvalue weighted by atomic mass is 16.5. The van der Waals surface area contributed by atoms with Crippen LogP contribution in [-0.2, 0) is 11.3 Å².